The summed E-state index contributed by atoms with van der Waals surface area (Å²) in [4.78, 5) is 24.9. The first-order valence-corrected chi connectivity index (χ1v) is 10.4. The molecule has 0 aromatic heterocycles. The van der Waals surface area contributed by atoms with Crippen LogP contribution in [0.4, 0.5) is 0 Å². The molecule has 32 heavy (non-hydrogen) atoms. The Bertz CT molecular complexity index is 989. The molecule has 0 saturated heterocycles. The SMILES string of the molecule is COc1ccc(C(OCC(CO)(C(C)=O)C(C)=O)(c2ccccc2)c2ccccc2)cc1. The van der Waals surface area contributed by atoms with Gasteiger partial charge in [0.15, 0.2) is 0 Å². The van der Waals surface area contributed by atoms with E-state index in [9.17, 15) is 14.7 Å². The van der Waals surface area contributed by atoms with E-state index in [1.807, 2.05) is 84.9 Å². The molecule has 0 spiro atoms. The number of Topliss-reactive ketones (excluding diaryl/α,β-unsaturated/α-hetero) is 2. The second-order valence-corrected chi connectivity index (χ2v) is 7.78. The third kappa shape index (κ3) is 4.22. The van der Waals surface area contributed by atoms with Gasteiger partial charge in [0.05, 0.1) is 20.3 Å². The Labute approximate surface area is 188 Å². The van der Waals surface area contributed by atoms with Gasteiger partial charge in [0.2, 0.25) is 0 Å². The van der Waals surface area contributed by atoms with Gasteiger partial charge in [0.1, 0.15) is 28.3 Å². The number of methoxy groups -OCH3 is 1. The van der Waals surface area contributed by atoms with Crippen molar-refractivity contribution in [3.05, 3.63) is 102 Å². The van der Waals surface area contributed by atoms with Gasteiger partial charge in [0.25, 0.3) is 0 Å². The predicted molar refractivity (Wildman–Crippen MR) is 123 cm³/mol. The minimum atomic E-state index is -1.64. The number of carbonyl (C=O) groups excluding carboxylic acids is 2. The summed E-state index contributed by atoms with van der Waals surface area (Å²) in [6, 6.07) is 26.7. The Morgan fingerprint density at radius 3 is 1.56 bits per heavy atom. The fourth-order valence-electron chi connectivity index (χ4n) is 3.87. The second kappa shape index (κ2) is 9.90. The van der Waals surface area contributed by atoms with Gasteiger partial charge in [-0.25, -0.2) is 0 Å². The largest absolute Gasteiger partial charge is 0.497 e. The standard InChI is InChI=1S/C27H28O5/c1-20(29)26(18-28,21(2)30)19-32-27(22-10-6-4-7-11-22,23-12-8-5-9-13-23)24-14-16-25(31-3)17-15-24/h4-17,28H,18-19H2,1-3H3. The summed E-state index contributed by atoms with van der Waals surface area (Å²) < 4.78 is 11.9. The first-order chi connectivity index (χ1) is 15.4. The molecule has 1 N–H and O–H groups in total. The van der Waals surface area contributed by atoms with E-state index in [1.54, 1.807) is 7.11 Å². The summed E-state index contributed by atoms with van der Waals surface area (Å²) in [5.74, 6) is -0.171. The average Bonchev–Trinajstić information content (AvgIpc) is 2.83. The number of hydrogen-bond acceptors (Lipinski definition) is 5. The first kappa shape index (κ1) is 23.4. The van der Waals surface area contributed by atoms with Crippen LogP contribution in [0.15, 0.2) is 84.9 Å². The molecular weight excluding hydrogens is 404 g/mol. The number of aliphatic hydroxyl groups is 1. The summed E-state index contributed by atoms with van der Waals surface area (Å²) in [6.07, 6.45) is 0. The van der Waals surface area contributed by atoms with Gasteiger partial charge < -0.3 is 14.6 Å². The Morgan fingerprint density at radius 2 is 1.19 bits per heavy atom. The summed E-state index contributed by atoms with van der Waals surface area (Å²) in [5.41, 5.74) is -0.304. The molecule has 0 bridgehead atoms. The van der Waals surface area contributed by atoms with Gasteiger partial charge in [0, 0.05) is 0 Å². The van der Waals surface area contributed by atoms with Gasteiger partial charge in [-0.05, 0) is 42.7 Å². The van der Waals surface area contributed by atoms with E-state index < -0.39 is 29.2 Å². The number of hydrogen-bond donors (Lipinski definition) is 1. The lowest BCUT2D eigenvalue weighted by atomic mass is 9.78. The Kier molecular flexibility index (Phi) is 7.23. The second-order valence-electron chi connectivity index (χ2n) is 7.78. The molecule has 0 aliphatic carbocycles. The van der Waals surface area contributed by atoms with Crippen molar-refractivity contribution >= 4 is 11.6 Å². The van der Waals surface area contributed by atoms with Crippen LogP contribution in [-0.4, -0.2) is 37.0 Å². The Hall–Kier alpha value is -3.28. The Morgan fingerprint density at radius 1 is 0.750 bits per heavy atom. The maximum absolute atomic E-state index is 12.5. The smallest absolute Gasteiger partial charge is 0.148 e. The van der Waals surface area contributed by atoms with Gasteiger partial charge in [-0.15, -0.1) is 0 Å². The zero-order chi connectivity index (χ0) is 23.2. The maximum Gasteiger partial charge on any atom is 0.148 e. The van der Waals surface area contributed by atoms with Crippen LogP contribution >= 0.6 is 0 Å². The number of ether oxygens (including phenoxy) is 2. The van der Waals surface area contributed by atoms with Crippen LogP contribution in [0.2, 0.25) is 0 Å². The summed E-state index contributed by atoms with van der Waals surface area (Å²) >= 11 is 0. The van der Waals surface area contributed by atoms with E-state index in [0.717, 1.165) is 16.7 Å². The molecule has 0 aliphatic heterocycles. The molecule has 0 saturated carbocycles. The van der Waals surface area contributed by atoms with Gasteiger partial charge in [-0.1, -0.05) is 72.8 Å². The molecule has 0 unspecified atom stereocenters. The molecule has 0 fully saturated rings. The fourth-order valence-corrected chi connectivity index (χ4v) is 3.87. The number of rotatable bonds is 10. The van der Waals surface area contributed by atoms with Crippen LogP contribution in [0.3, 0.4) is 0 Å². The Balaban J connectivity index is 2.25. The van der Waals surface area contributed by atoms with E-state index in [-0.39, 0.29) is 6.61 Å². The van der Waals surface area contributed by atoms with E-state index in [2.05, 4.69) is 0 Å². The summed E-state index contributed by atoms with van der Waals surface area (Å²) in [6.45, 7) is 1.71. The van der Waals surface area contributed by atoms with Crippen molar-refractivity contribution in [2.24, 2.45) is 5.41 Å². The van der Waals surface area contributed by atoms with Gasteiger partial charge >= 0.3 is 0 Å². The molecule has 0 amide bonds. The van der Waals surface area contributed by atoms with Gasteiger partial charge in [-0.2, -0.15) is 0 Å². The lowest BCUT2D eigenvalue weighted by molar-refractivity contribution is -0.150. The summed E-state index contributed by atoms with van der Waals surface area (Å²) in [7, 11) is 1.60. The minimum absolute atomic E-state index is 0.274. The average molecular weight is 433 g/mol. The van der Waals surface area contributed by atoms with Crippen molar-refractivity contribution in [1.82, 2.24) is 0 Å². The van der Waals surface area contributed by atoms with Crippen LogP contribution in [0.25, 0.3) is 0 Å². The fraction of sp³-hybridized carbons (Fsp3) is 0.259. The minimum Gasteiger partial charge on any atom is -0.497 e. The molecule has 3 rings (SSSR count). The molecule has 5 heteroatoms. The van der Waals surface area contributed by atoms with Crippen LogP contribution in [0, 0.1) is 5.41 Å². The molecule has 3 aromatic carbocycles. The van der Waals surface area contributed by atoms with E-state index in [1.165, 1.54) is 13.8 Å². The van der Waals surface area contributed by atoms with E-state index >= 15 is 0 Å². The highest BCUT2D eigenvalue weighted by Gasteiger charge is 2.45. The van der Waals surface area contributed by atoms with E-state index in [4.69, 9.17) is 9.47 Å². The first-order valence-electron chi connectivity index (χ1n) is 10.4. The number of carbonyl (C=O) groups is 2. The highest BCUT2D eigenvalue weighted by atomic mass is 16.5. The van der Waals surface area contributed by atoms with Crippen LogP contribution in [-0.2, 0) is 19.9 Å². The maximum atomic E-state index is 12.5. The molecule has 0 atom stereocenters. The molecule has 0 heterocycles. The zero-order valence-corrected chi connectivity index (χ0v) is 18.6. The van der Waals surface area contributed by atoms with Crippen molar-refractivity contribution in [2.75, 3.05) is 20.3 Å². The van der Waals surface area contributed by atoms with Crippen molar-refractivity contribution in [1.29, 1.82) is 0 Å². The van der Waals surface area contributed by atoms with Crippen molar-refractivity contribution in [2.45, 2.75) is 19.4 Å². The number of benzene rings is 3. The normalized spacial score (nSPS) is 11.8. The van der Waals surface area contributed by atoms with Crippen molar-refractivity contribution in [3.8, 4) is 5.75 Å². The highest BCUT2D eigenvalue weighted by molar-refractivity contribution is 6.05. The third-order valence-electron chi connectivity index (χ3n) is 6.01. The highest BCUT2D eigenvalue weighted by Crippen LogP contribution is 2.42. The number of ketones is 2. The van der Waals surface area contributed by atoms with Crippen LogP contribution < -0.4 is 4.74 Å². The van der Waals surface area contributed by atoms with Crippen molar-refractivity contribution in [3.63, 3.8) is 0 Å². The molecule has 5 nitrogen and oxygen atoms in total. The molecule has 0 aliphatic rings. The predicted octanol–water partition coefficient (Wildman–Crippen LogP) is 4.16. The van der Waals surface area contributed by atoms with Crippen molar-refractivity contribution < 1.29 is 24.2 Å². The third-order valence-corrected chi connectivity index (χ3v) is 6.01. The van der Waals surface area contributed by atoms with E-state index in [0.29, 0.717) is 5.75 Å². The zero-order valence-electron chi connectivity index (χ0n) is 18.6. The topological polar surface area (TPSA) is 72.8 Å². The molecule has 0 radical (unpaired) electrons. The molecule has 166 valence electrons. The van der Waals surface area contributed by atoms with Crippen LogP contribution in [0.1, 0.15) is 30.5 Å². The molecular formula is C27H28O5. The lowest BCUT2D eigenvalue weighted by Crippen LogP contribution is -2.47. The van der Waals surface area contributed by atoms with Gasteiger partial charge in [-0.3, -0.25) is 9.59 Å². The lowest BCUT2D eigenvalue weighted by Gasteiger charge is -2.39. The molecule has 3 aromatic rings. The summed E-state index contributed by atoms with van der Waals surface area (Å²) in [5, 5.41) is 10.1. The number of aliphatic hydroxyl groups excluding tert-OH is 1. The quantitative estimate of drug-likeness (QED) is 0.385. The monoisotopic (exact) mass is 432 g/mol. The van der Waals surface area contributed by atoms with Crippen LogP contribution in [0.5, 0.6) is 5.75 Å².